The molecule has 0 aliphatic rings. The van der Waals surface area contributed by atoms with Gasteiger partial charge in [0, 0.05) is 18.0 Å². The van der Waals surface area contributed by atoms with Crippen molar-refractivity contribution < 1.29 is 18.7 Å². The number of amides is 1. The van der Waals surface area contributed by atoms with Crippen LogP contribution in [-0.2, 0) is 6.42 Å². The zero-order valence-electron chi connectivity index (χ0n) is 14.9. The van der Waals surface area contributed by atoms with Gasteiger partial charge in [0.25, 0.3) is 5.91 Å². The zero-order chi connectivity index (χ0) is 18.7. The topological polar surface area (TPSA) is 64.9 Å². The van der Waals surface area contributed by atoms with Gasteiger partial charge in [0.05, 0.1) is 19.9 Å². The number of hydrogen-bond acceptors (Lipinski definition) is 4. The van der Waals surface area contributed by atoms with Gasteiger partial charge < -0.3 is 14.8 Å². The smallest absolute Gasteiger partial charge is 0.274 e. The van der Waals surface area contributed by atoms with Crippen molar-refractivity contribution in [2.45, 2.75) is 19.8 Å². The quantitative estimate of drug-likeness (QED) is 0.731. The van der Waals surface area contributed by atoms with E-state index in [1.165, 1.54) is 23.8 Å². The maximum atomic E-state index is 13.7. The number of aromatic nitrogens is 2. The molecular weight excluding hydrogens is 337 g/mol. The third-order valence-corrected chi connectivity index (χ3v) is 4.00. The van der Waals surface area contributed by atoms with Crippen molar-refractivity contribution in [3.05, 3.63) is 53.7 Å². The summed E-state index contributed by atoms with van der Waals surface area (Å²) >= 11 is 0. The number of fused-ring (bicyclic) bond motifs is 1. The van der Waals surface area contributed by atoms with Crippen LogP contribution in [0.3, 0.4) is 0 Å². The lowest BCUT2D eigenvalue weighted by atomic mass is 10.2. The lowest BCUT2D eigenvalue weighted by Crippen LogP contribution is -2.16. The van der Waals surface area contributed by atoms with Gasteiger partial charge in [-0.25, -0.2) is 9.37 Å². The number of aryl methyl sites for hydroxylation is 1. The summed E-state index contributed by atoms with van der Waals surface area (Å²) in [6, 6.07) is 7.97. The van der Waals surface area contributed by atoms with Gasteiger partial charge in [-0.2, -0.15) is 0 Å². The number of halogens is 1. The summed E-state index contributed by atoms with van der Waals surface area (Å²) in [6.07, 6.45) is 2.71. The van der Waals surface area contributed by atoms with Crippen molar-refractivity contribution in [3.8, 4) is 11.5 Å². The number of imidazole rings is 1. The summed E-state index contributed by atoms with van der Waals surface area (Å²) in [5, 5.41) is 2.82. The van der Waals surface area contributed by atoms with Crippen molar-refractivity contribution in [2.24, 2.45) is 0 Å². The molecule has 0 spiro atoms. The molecule has 26 heavy (non-hydrogen) atoms. The zero-order valence-corrected chi connectivity index (χ0v) is 14.9. The van der Waals surface area contributed by atoms with Crippen molar-refractivity contribution in [3.63, 3.8) is 0 Å². The lowest BCUT2D eigenvalue weighted by molar-refractivity contribution is 0.102. The van der Waals surface area contributed by atoms with E-state index >= 15 is 0 Å². The molecule has 0 atom stereocenters. The van der Waals surface area contributed by atoms with E-state index in [9.17, 15) is 9.18 Å². The number of nitrogens with zero attached hydrogens (tertiary/aromatic N) is 2. The van der Waals surface area contributed by atoms with E-state index < -0.39 is 5.82 Å². The SMILES string of the molecule is CCCc1nc2ccc(F)cn2c1C(=O)Nc1ccc(OC)c(OC)c1. The first-order valence-electron chi connectivity index (χ1n) is 8.27. The summed E-state index contributed by atoms with van der Waals surface area (Å²) in [6.45, 7) is 2.00. The number of carbonyl (C=O) groups is 1. The Labute approximate surface area is 150 Å². The molecule has 2 aromatic heterocycles. The maximum absolute atomic E-state index is 13.7. The summed E-state index contributed by atoms with van der Waals surface area (Å²) in [7, 11) is 3.07. The summed E-state index contributed by atoms with van der Waals surface area (Å²) in [5.41, 5.74) is 2.04. The lowest BCUT2D eigenvalue weighted by Gasteiger charge is -2.11. The number of ether oxygens (including phenoxy) is 2. The minimum Gasteiger partial charge on any atom is -0.493 e. The molecule has 0 saturated carbocycles. The average molecular weight is 357 g/mol. The van der Waals surface area contributed by atoms with Gasteiger partial charge in [-0.1, -0.05) is 13.3 Å². The van der Waals surface area contributed by atoms with Crippen LogP contribution < -0.4 is 14.8 Å². The van der Waals surface area contributed by atoms with Crippen LogP contribution in [-0.4, -0.2) is 29.5 Å². The Morgan fingerprint density at radius 1 is 1.19 bits per heavy atom. The van der Waals surface area contributed by atoms with Crippen LogP contribution in [0.25, 0.3) is 5.65 Å². The van der Waals surface area contributed by atoms with E-state index in [4.69, 9.17) is 9.47 Å². The molecule has 3 rings (SSSR count). The summed E-state index contributed by atoms with van der Waals surface area (Å²) < 4.78 is 25.6. The molecule has 0 aliphatic carbocycles. The molecule has 0 saturated heterocycles. The van der Waals surface area contributed by atoms with Crippen molar-refractivity contribution in [1.29, 1.82) is 0 Å². The number of pyridine rings is 1. The molecule has 1 N–H and O–H groups in total. The van der Waals surface area contributed by atoms with Gasteiger partial charge in [0.1, 0.15) is 17.2 Å². The predicted octanol–water partition coefficient (Wildman–Crippen LogP) is 3.70. The van der Waals surface area contributed by atoms with E-state index in [1.807, 2.05) is 6.92 Å². The Balaban J connectivity index is 1.99. The molecule has 0 unspecified atom stereocenters. The highest BCUT2D eigenvalue weighted by Gasteiger charge is 2.20. The highest BCUT2D eigenvalue weighted by Crippen LogP contribution is 2.30. The number of rotatable bonds is 6. The average Bonchev–Trinajstić information content (AvgIpc) is 2.99. The molecule has 0 bridgehead atoms. The van der Waals surface area contributed by atoms with Gasteiger partial charge >= 0.3 is 0 Å². The fraction of sp³-hybridized carbons (Fsp3) is 0.263. The van der Waals surface area contributed by atoms with E-state index in [2.05, 4.69) is 10.3 Å². The van der Waals surface area contributed by atoms with E-state index in [1.54, 1.807) is 31.4 Å². The monoisotopic (exact) mass is 357 g/mol. The van der Waals surface area contributed by atoms with E-state index in [-0.39, 0.29) is 5.91 Å². The second-order valence-electron chi connectivity index (χ2n) is 5.76. The first-order chi connectivity index (χ1) is 12.6. The minimum absolute atomic E-state index is 0.330. The molecule has 136 valence electrons. The van der Waals surface area contributed by atoms with Crippen molar-refractivity contribution >= 4 is 17.2 Å². The van der Waals surface area contributed by atoms with Gasteiger partial charge in [-0.3, -0.25) is 9.20 Å². The van der Waals surface area contributed by atoms with Crippen molar-refractivity contribution in [2.75, 3.05) is 19.5 Å². The largest absolute Gasteiger partial charge is 0.493 e. The number of methoxy groups -OCH3 is 2. The van der Waals surface area contributed by atoms with Crippen LogP contribution in [0, 0.1) is 5.82 Å². The van der Waals surface area contributed by atoms with Crippen LogP contribution in [0.4, 0.5) is 10.1 Å². The first-order valence-corrected chi connectivity index (χ1v) is 8.27. The molecule has 0 fully saturated rings. The van der Waals surface area contributed by atoms with Gasteiger partial charge in [0.2, 0.25) is 0 Å². The molecule has 1 amide bonds. The van der Waals surface area contributed by atoms with Gasteiger partial charge in [-0.15, -0.1) is 0 Å². The standard InChI is InChI=1S/C19H20FN3O3/c1-4-5-14-18(23-11-12(20)6-9-17(23)22-14)19(24)21-13-7-8-15(25-2)16(10-13)26-3/h6-11H,4-5H2,1-3H3,(H,21,24). The summed E-state index contributed by atoms with van der Waals surface area (Å²) in [5.74, 6) is 0.272. The third-order valence-electron chi connectivity index (χ3n) is 4.00. The van der Waals surface area contributed by atoms with Crippen LogP contribution in [0.15, 0.2) is 36.5 Å². The van der Waals surface area contributed by atoms with Gasteiger partial charge in [-0.05, 0) is 30.7 Å². The van der Waals surface area contributed by atoms with Gasteiger partial charge in [0.15, 0.2) is 11.5 Å². The van der Waals surface area contributed by atoms with Crippen LogP contribution in [0.5, 0.6) is 11.5 Å². The second-order valence-corrected chi connectivity index (χ2v) is 5.76. The molecular formula is C19H20FN3O3. The Bertz CT molecular complexity index is 953. The molecule has 0 aliphatic heterocycles. The van der Waals surface area contributed by atoms with Crippen molar-refractivity contribution in [1.82, 2.24) is 9.38 Å². The molecule has 7 heteroatoms. The highest BCUT2D eigenvalue weighted by atomic mass is 19.1. The number of hydrogen-bond donors (Lipinski definition) is 1. The Morgan fingerprint density at radius 3 is 2.65 bits per heavy atom. The fourth-order valence-electron chi connectivity index (χ4n) is 2.82. The molecule has 3 aromatic rings. The molecule has 2 heterocycles. The normalized spacial score (nSPS) is 10.8. The molecule has 6 nitrogen and oxygen atoms in total. The maximum Gasteiger partial charge on any atom is 0.274 e. The van der Waals surface area contributed by atoms with Crippen LogP contribution >= 0.6 is 0 Å². The molecule has 0 radical (unpaired) electrons. The second kappa shape index (κ2) is 7.43. The fourth-order valence-corrected chi connectivity index (χ4v) is 2.82. The third kappa shape index (κ3) is 3.33. The van der Waals surface area contributed by atoms with E-state index in [0.717, 1.165) is 6.42 Å². The predicted molar refractivity (Wildman–Crippen MR) is 96.6 cm³/mol. The Hall–Kier alpha value is -3.09. The number of benzene rings is 1. The summed E-state index contributed by atoms with van der Waals surface area (Å²) in [4.78, 5) is 17.3. The van der Waals surface area contributed by atoms with Crippen LogP contribution in [0.2, 0.25) is 0 Å². The number of nitrogens with one attached hydrogen (secondary N) is 1. The number of carbonyl (C=O) groups excluding carboxylic acids is 1. The molecule has 1 aromatic carbocycles. The van der Waals surface area contributed by atoms with E-state index in [0.29, 0.717) is 40.6 Å². The first kappa shape index (κ1) is 17.7. The van der Waals surface area contributed by atoms with Crippen LogP contribution in [0.1, 0.15) is 29.5 Å². The minimum atomic E-state index is -0.432. The highest BCUT2D eigenvalue weighted by molar-refractivity contribution is 6.04. The Kier molecular flexibility index (Phi) is 5.06. The number of anilines is 1. The Morgan fingerprint density at radius 2 is 1.96 bits per heavy atom.